The van der Waals surface area contributed by atoms with Crippen LogP contribution in [0.5, 0.6) is 5.75 Å². The molecule has 0 bridgehead atoms. The van der Waals surface area contributed by atoms with Gasteiger partial charge in [-0.3, -0.25) is 0 Å². The fraction of sp³-hybridized carbons (Fsp3) is 0.625. The Morgan fingerprint density at radius 1 is 1.21 bits per heavy atom. The van der Waals surface area contributed by atoms with E-state index in [2.05, 4.69) is 12.1 Å². The molecule has 1 aromatic carbocycles. The number of aliphatic hydroxyl groups is 1. The van der Waals surface area contributed by atoms with Gasteiger partial charge in [0.25, 0.3) is 0 Å². The molecule has 0 saturated heterocycles. The Kier molecular flexibility index (Phi) is 3.50. The van der Waals surface area contributed by atoms with Gasteiger partial charge in [0.1, 0.15) is 18.0 Å². The van der Waals surface area contributed by atoms with Crippen molar-refractivity contribution in [3.63, 3.8) is 0 Å². The summed E-state index contributed by atoms with van der Waals surface area (Å²) < 4.78 is 5.80. The van der Waals surface area contributed by atoms with Crippen LogP contribution in [0, 0.1) is 5.92 Å². The van der Waals surface area contributed by atoms with Crippen LogP contribution < -0.4 is 10.5 Å². The van der Waals surface area contributed by atoms with Crippen molar-refractivity contribution in [3.05, 3.63) is 29.3 Å². The van der Waals surface area contributed by atoms with Crippen LogP contribution in [0.2, 0.25) is 0 Å². The minimum atomic E-state index is -0.837. The van der Waals surface area contributed by atoms with Crippen LogP contribution in [0.15, 0.2) is 18.2 Å². The highest BCUT2D eigenvalue weighted by molar-refractivity contribution is 5.37. The van der Waals surface area contributed by atoms with Crippen molar-refractivity contribution in [2.24, 2.45) is 11.7 Å². The molecule has 3 N–H and O–H groups in total. The van der Waals surface area contributed by atoms with Gasteiger partial charge in [0.05, 0.1) is 0 Å². The number of hydrogen-bond donors (Lipinski definition) is 2. The number of benzene rings is 1. The molecule has 104 valence electrons. The SMILES string of the molecule is NCC(O)(COc1ccc2c(c1)CCCC2)C1CC1. The number of rotatable bonds is 5. The average Bonchev–Trinajstić information content (AvgIpc) is 3.29. The number of hydrogen-bond acceptors (Lipinski definition) is 3. The summed E-state index contributed by atoms with van der Waals surface area (Å²) in [4.78, 5) is 0. The van der Waals surface area contributed by atoms with Gasteiger partial charge in [0, 0.05) is 6.54 Å². The van der Waals surface area contributed by atoms with E-state index in [1.807, 2.05) is 6.07 Å². The minimum absolute atomic E-state index is 0.280. The van der Waals surface area contributed by atoms with Crippen LogP contribution in [0.25, 0.3) is 0 Å². The molecule has 0 aliphatic heterocycles. The van der Waals surface area contributed by atoms with Crippen LogP contribution in [0.4, 0.5) is 0 Å². The van der Waals surface area contributed by atoms with Crippen molar-refractivity contribution < 1.29 is 9.84 Å². The van der Waals surface area contributed by atoms with Crippen LogP contribution in [-0.4, -0.2) is 23.9 Å². The second-order valence-electron chi connectivity index (χ2n) is 6.01. The normalized spacial score (nSPS) is 21.6. The van der Waals surface area contributed by atoms with E-state index in [9.17, 15) is 5.11 Å². The maximum absolute atomic E-state index is 10.4. The second-order valence-corrected chi connectivity index (χ2v) is 6.01. The molecule has 2 aliphatic rings. The Hall–Kier alpha value is -1.06. The van der Waals surface area contributed by atoms with Crippen LogP contribution >= 0.6 is 0 Å². The fourth-order valence-electron chi connectivity index (χ4n) is 2.97. The third-order valence-electron chi connectivity index (χ3n) is 4.50. The van der Waals surface area contributed by atoms with Gasteiger partial charge in [0.2, 0.25) is 0 Å². The van der Waals surface area contributed by atoms with Crippen molar-refractivity contribution >= 4 is 0 Å². The molecule has 0 radical (unpaired) electrons. The molecule has 1 fully saturated rings. The van der Waals surface area contributed by atoms with Gasteiger partial charge in [-0.2, -0.15) is 0 Å². The molecule has 0 spiro atoms. The predicted octanol–water partition coefficient (Wildman–Crippen LogP) is 2.04. The third-order valence-corrected chi connectivity index (χ3v) is 4.50. The minimum Gasteiger partial charge on any atom is -0.491 e. The van der Waals surface area contributed by atoms with Crippen LogP contribution in [0.3, 0.4) is 0 Å². The summed E-state index contributed by atoms with van der Waals surface area (Å²) in [7, 11) is 0. The van der Waals surface area contributed by atoms with Crippen molar-refractivity contribution in [2.45, 2.75) is 44.1 Å². The van der Waals surface area contributed by atoms with Gasteiger partial charge in [-0.1, -0.05) is 6.07 Å². The van der Waals surface area contributed by atoms with Crippen LogP contribution in [0.1, 0.15) is 36.8 Å². The Balaban J connectivity index is 1.66. The molecule has 1 saturated carbocycles. The molecule has 3 nitrogen and oxygen atoms in total. The summed E-state index contributed by atoms with van der Waals surface area (Å²) in [5.74, 6) is 1.20. The molecular weight excluding hydrogens is 238 g/mol. The van der Waals surface area contributed by atoms with Crippen molar-refractivity contribution in [1.29, 1.82) is 0 Å². The average molecular weight is 261 g/mol. The lowest BCUT2D eigenvalue weighted by atomic mass is 9.92. The van der Waals surface area contributed by atoms with Gasteiger partial charge in [0.15, 0.2) is 0 Å². The molecular formula is C16H23NO2. The summed E-state index contributed by atoms with van der Waals surface area (Å²) in [6, 6.07) is 6.33. The topological polar surface area (TPSA) is 55.5 Å². The molecule has 3 heteroatoms. The zero-order valence-corrected chi connectivity index (χ0v) is 11.4. The van der Waals surface area contributed by atoms with Gasteiger partial charge in [-0.15, -0.1) is 0 Å². The standard InChI is InChI=1S/C16H23NO2/c17-10-16(18,14-6-7-14)11-19-15-8-5-12-3-1-2-4-13(12)9-15/h5,8-9,14,18H,1-4,6-7,10-11,17H2. The van der Waals surface area contributed by atoms with Crippen molar-refractivity contribution in [2.75, 3.05) is 13.2 Å². The van der Waals surface area contributed by atoms with Gasteiger partial charge < -0.3 is 15.6 Å². The second kappa shape index (κ2) is 5.14. The van der Waals surface area contributed by atoms with E-state index >= 15 is 0 Å². The summed E-state index contributed by atoms with van der Waals surface area (Å²) >= 11 is 0. The van der Waals surface area contributed by atoms with E-state index in [0.717, 1.165) is 25.0 Å². The zero-order chi connectivity index (χ0) is 13.3. The number of nitrogens with two attached hydrogens (primary N) is 1. The van der Waals surface area contributed by atoms with Gasteiger partial charge >= 0.3 is 0 Å². The Morgan fingerprint density at radius 3 is 2.63 bits per heavy atom. The number of aryl methyl sites for hydroxylation is 2. The lowest BCUT2D eigenvalue weighted by Gasteiger charge is -2.26. The lowest BCUT2D eigenvalue weighted by Crippen LogP contribution is -2.45. The summed E-state index contributed by atoms with van der Waals surface area (Å²) in [6.45, 7) is 0.593. The van der Waals surface area contributed by atoms with Gasteiger partial charge in [-0.05, 0) is 67.7 Å². The summed E-state index contributed by atoms with van der Waals surface area (Å²) in [5.41, 5.74) is 7.72. The maximum Gasteiger partial charge on any atom is 0.119 e. The number of ether oxygens (including phenoxy) is 1. The quantitative estimate of drug-likeness (QED) is 0.853. The van der Waals surface area contributed by atoms with Crippen molar-refractivity contribution in [3.8, 4) is 5.75 Å². The van der Waals surface area contributed by atoms with Gasteiger partial charge in [-0.25, -0.2) is 0 Å². The maximum atomic E-state index is 10.4. The van der Waals surface area contributed by atoms with Crippen molar-refractivity contribution in [1.82, 2.24) is 0 Å². The highest BCUT2D eigenvalue weighted by Crippen LogP contribution is 2.39. The van der Waals surface area contributed by atoms with E-state index in [-0.39, 0.29) is 6.54 Å². The first-order valence-electron chi connectivity index (χ1n) is 7.38. The Labute approximate surface area is 114 Å². The molecule has 3 rings (SSSR count). The molecule has 0 amide bonds. The molecule has 1 atom stereocenters. The first-order chi connectivity index (χ1) is 9.21. The fourth-order valence-corrected chi connectivity index (χ4v) is 2.97. The Morgan fingerprint density at radius 2 is 1.95 bits per heavy atom. The summed E-state index contributed by atoms with van der Waals surface area (Å²) in [5, 5.41) is 10.4. The largest absolute Gasteiger partial charge is 0.491 e. The number of fused-ring (bicyclic) bond motifs is 1. The molecule has 1 aromatic rings. The van der Waals surface area contributed by atoms with E-state index in [1.54, 1.807) is 0 Å². The Bertz CT molecular complexity index is 456. The van der Waals surface area contributed by atoms with E-state index in [0.29, 0.717) is 12.5 Å². The molecule has 0 heterocycles. The van der Waals surface area contributed by atoms with E-state index < -0.39 is 5.60 Å². The van der Waals surface area contributed by atoms with E-state index in [1.165, 1.54) is 30.4 Å². The third kappa shape index (κ3) is 2.77. The summed E-state index contributed by atoms with van der Waals surface area (Å²) in [6.07, 6.45) is 7.04. The smallest absolute Gasteiger partial charge is 0.119 e. The highest BCUT2D eigenvalue weighted by Gasteiger charge is 2.43. The predicted molar refractivity (Wildman–Crippen MR) is 75.3 cm³/mol. The first kappa shape index (κ1) is 12.9. The van der Waals surface area contributed by atoms with E-state index in [4.69, 9.17) is 10.5 Å². The molecule has 1 unspecified atom stereocenters. The monoisotopic (exact) mass is 261 g/mol. The lowest BCUT2D eigenvalue weighted by molar-refractivity contribution is -0.0162. The molecule has 19 heavy (non-hydrogen) atoms. The highest BCUT2D eigenvalue weighted by atomic mass is 16.5. The molecule has 0 aromatic heterocycles. The van der Waals surface area contributed by atoms with Crippen LogP contribution in [-0.2, 0) is 12.8 Å². The molecule has 2 aliphatic carbocycles. The zero-order valence-electron chi connectivity index (χ0n) is 11.4. The first-order valence-corrected chi connectivity index (χ1v) is 7.38.